The van der Waals surface area contributed by atoms with Crippen LogP contribution in [0.4, 0.5) is 0 Å². The maximum absolute atomic E-state index is 12.5. The van der Waals surface area contributed by atoms with Crippen LogP contribution < -0.4 is 10.1 Å². The fourth-order valence-corrected chi connectivity index (χ4v) is 4.27. The van der Waals surface area contributed by atoms with Gasteiger partial charge in [0, 0.05) is 44.0 Å². The standard InChI is InChI=1S/C24H32ClN3O3/c1-16-17(2)22(31-14-13-30-4)6-5-21(16)18(3)28-11-8-20(9-12-28)27-24(29)19-7-10-26-23(25)15-19/h5-7,10,15,18,20H,8-9,11-14H2,1-4H3,(H,27,29). The number of piperidine rings is 1. The smallest absolute Gasteiger partial charge is 0.251 e. The fraction of sp³-hybridized carbons (Fsp3) is 0.500. The molecular weight excluding hydrogens is 414 g/mol. The van der Waals surface area contributed by atoms with Crippen LogP contribution in [0.2, 0.25) is 5.15 Å². The molecule has 2 heterocycles. The Hall–Kier alpha value is -2.15. The van der Waals surface area contributed by atoms with Crippen LogP contribution in [0.5, 0.6) is 5.75 Å². The number of likely N-dealkylation sites (tertiary alicyclic amines) is 1. The van der Waals surface area contributed by atoms with E-state index in [-0.39, 0.29) is 11.9 Å². The third-order valence-electron chi connectivity index (χ3n) is 6.18. The van der Waals surface area contributed by atoms with Crippen molar-refractivity contribution < 1.29 is 14.3 Å². The van der Waals surface area contributed by atoms with Gasteiger partial charge in [-0.1, -0.05) is 17.7 Å². The second kappa shape index (κ2) is 10.9. The number of hydrogen-bond donors (Lipinski definition) is 1. The van der Waals surface area contributed by atoms with Crippen molar-refractivity contribution in [3.8, 4) is 5.75 Å². The highest BCUT2D eigenvalue weighted by atomic mass is 35.5. The van der Waals surface area contributed by atoms with Gasteiger partial charge in [0.05, 0.1) is 6.61 Å². The van der Waals surface area contributed by atoms with E-state index in [9.17, 15) is 4.79 Å². The molecule has 7 heteroatoms. The summed E-state index contributed by atoms with van der Waals surface area (Å²) in [6.07, 6.45) is 3.40. The van der Waals surface area contributed by atoms with Crippen molar-refractivity contribution in [1.82, 2.24) is 15.2 Å². The summed E-state index contributed by atoms with van der Waals surface area (Å²) in [6.45, 7) is 9.54. The minimum atomic E-state index is -0.0914. The van der Waals surface area contributed by atoms with E-state index in [0.717, 1.165) is 31.7 Å². The molecule has 2 aromatic rings. The van der Waals surface area contributed by atoms with Crippen molar-refractivity contribution in [2.75, 3.05) is 33.4 Å². The van der Waals surface area contributed by atoms with Gasteiger partial charge in [-0.15, -0.1) is 0 Å². The van der Waals surface area contributed by atoms with Gasteiger partial charge in [-0.25, -0.2) is 4.98 Å². The first-order valence-electron chi connectivity index (χ1n) is 10.8. The zero-order valence-electron chi connectivity index (χ0n) is 18.8. The summed E-state index contributed by atoms with van der Waals surface area (Å²) in [5.74, 6) is 0.828. The van der Waals surface area contributed by atoms with E-state index in [1.54, 1.807) is 25.4 Å². The largest absolute Gasteiger partial charge is 0.491 e. The lowest BCUT2D eigenvalue weighted by Crippen LogP contribution is -2.45. The maximum Gasteiger partial charge on any atom is 0.251 e. The van der Waals surface area contributed by atoms with Gasteiger partial charge in [-0.3, -0.25) is 9.69 Å². The number of hydrogen-bond acceptors (Lipinski definition) is 5. The number of halogens is 1. The molecule has 1 aromatic carbocycles. The van der Waals surface area contributed by atoms with Crippen molar-refractivity contribution in [3.05, 3.63) is 57.9 Å². The molecule has 0 aliphatic carbocycles. The van der Waals surface area contributed by atoms with Crippen LogP contribution in [0.3, 0.4) is 0 Å². The van der Waals surface area contributed by atoms with Crippen molar-refractivity contribution in [3.63, 3.8) is 0 Å². The minimum absolute atomic E-state index is 0.0914. The van der Waals surface area contributed by atoms with E-state index in [0.29, 0.717) is 30.0 Å². The first-order chi connectivity index (χ1) is 14.9. The van der Waals surface area contributed by atoms with E-state index >= 15 is 0 Å². The second-order valence-corrected chi connectivity index (χ2v) is 8.46. The van der Waals surface area contributed by atoms with E-state index in [4.69, 9.17) is 21.1 Å². The number of nitrogens with one attached hydrogen (secondary N) is 1. The summed E-state index contributed by atoms with van der Waals surface area (Å²) < 4.78 is 10.9. The molecule has 1 fully saturated rings. The van der Waals surface area contributed by atoms with Crippen molar-refractivity contribution in [1.29, 1.82) is 0 Å². The molecule has 3 rings (SSSR count). The van der Waals surface area contributed by atoms with Gasteiger partial charge >= 0.3 is 0 Å². The number of amides is 1. The molecule has 1 aliphatic heterocycles. The van der Waals surface area contributed by atoms with Gasteiger partial charge in [0.1, 0.15) is 17.5 Å². The Bertz CT molecular complexity index is 898. The van der Waals surface area contributed by atoms with E-state index < -0.39 is 0 Å². The quantitative estimate of drug-likeness (QED) is 0.484. The molecule has 1 N–H and O–H groups in total. The van der Waals surface area contributed by atoms with Crippen molar-refractivity contribution in [2.45, 2.75) is 45.7 Å². The Morgan fingerprint density at radius 1 is 1.23 bits per heavy atom. The highest BCUT2D eigenvalue weighted by Gasteiger charge is 2.26. The van der Waals surface area contributed by atoms with Crippen LogP contribution >= 0.6 is 11.6 Å². The van der Waals surface area contributed by atoms with Crippen molar-refractivity contribution >= 4 is 17.5 Å². The predicted molar refractivity (Wildman–Crippen MR) is 123 cm³/mol. The number of carbonyl (C=O) groups is 1. The highest BCUT2D eigenvalue weighted by Crippen LogP contribution is 2.32. The van der Waals surface area contributed by atoms with E-state index in [2.05, 4.69) is 48.1 Å². The lowest BCUT2D eigenvalue weighted by atomic mass is 9.94. The van der Waals surface area contributed by atoms with Gasteiger partial charge in [-0.05, 0) is 68.5 Å². The van der Waals surface area contributed by atoms with E-state index in [1.807, 2.05) is 0 Å². The third-order valence-corrected chi connectivity index (χ3v) is 6.38. The number of carbonyl (C=O) groups excluding carboxylic acids is 1. The first-order valence-corrected chi connectivity index (χ1v) is 11.2. The monoisotopic (exact) mass is 445 g/mol. The molecule has 168 valence electrons. The van der Waals surface area contributed by atoms with E-state index in [1.165, 1.54) is 16.7 Å². The number of rotatable bonds is 8. The molecule has 6 nitrogen and oxygen atoms in total. The maximum atomic E-state index is 12.5. The molecule has 0 saturated carbocycles. The molecule has 1 amide bonds. The van der Waals surface area contributed by atoms with Gasteiger partial charge in [0.2, 0.25) is 0 Å². The first kappa shape index (κ1) is 23.5. The number of nitrogens with zero attached hydrogens (tertiary/aromatic N) is 2. The van der Waals surface area contributed by atoms with Crippen molar-refractivity contribution in [2.24, 2.45) is 0 Å². The van der Waals surface area contributed by atoms with Crippen LogP contribution in [-0.2, 0) is 4.74 Å². The summed E-state index contributed by atoms with van der Waals surface area (Å²) in [4.78, 5) is 18.9. The topological polar surface area (TPSA) is 63.7 Å². The summed E-state index contributed by atoms with van der Waals surface area (Å²) >= 11 is 5.90. The number of pyridine rings is 1. The zero-order valence-corrected chi connectivity index (χ0v) is 19.5. The molecule has 0 spiro atoms. The molecule has 1 saturated heterocycles. The number of methoxy groups -OCH3 is 1. The van der Waals surface area contributed by atoms with Gasteiger partial charge < -0.3 is 14.8 Å². The Morgan fingerprint density at radius 3 is 2.65 bits per heavy atom. The van der Waals surface area contributed by atoms with Crippen LogP contribution in [0.25, 0.3) is 0 Å². The predicted octanol–water partition coefficient (Wildman–Crippen LogP) is 4.33. The lowest BCUT2D eigenvalue weighted by molar-refractivity contribution is 0.0895. The minimum Gasteiger partial charge on any atom is -0.491 e. The normalized spacial score (nSPS) is 16.2. The lowest BCUT2D eigenvalue weighted by Gasteiger charge is -2.37. The fourth-order valence-electron chi connectivity index (χ4n) is 4.10. The second-order valence-electron chi connectivity index (χ2n) is 8.07. The Morgan fingerprint density at radius 2 is 1.97 bits per heavy atom. The third kappa shape index (κ3) is 5.97. The molecule has 31 heavy (non-hydrogen) atoms. The number of benzene rings is 1. The number of aromatic nitrogens is 1. The van der Waals surface area contributed by atoms with Crippen LogP contribution in [0, 0.1) is 13.8 Å². The SMILES string of the molecule is COCCOc1ccc(C(C)N2CCC(NC(=O)c3ccnc(Cl)c3)CC2)c(C)c1C. The molecule has 0 radical (unpaired) electrons. The van der Waals surface area contributed by atoms with Crippen LogP contribution in [0.15, 0.2) is 30.5 Å². The Labute approximate surface area is 189 Å². The zero-order chi connectivity index (χ0) is 22.4. The summed E-state index contributed by atoms with van der Waals surface area (Å²) in [6, 6.07) is 8.01. The molecule has 1 atom stereocenters. The summed E-state index contributed by atoms with van der Waals surface area (Å²) in [5.41, 5.74) is 4.33. The summed E-state index contributed by atoms with van der Waals surface area (Å²) in [7, 11) is 1.68. The highest BCUT2D eigenvalue weighted by molar-refractivity contribution is 6.29. The molecular formula is C24H32ClN3O3. The average molecular weight is 446 g/mol. The molecule has 1 aliphatic rings. The van der Waals surface area contributed by atoms with Gasteiger partial charge in [0.15, 0.2) is 0 Å². The molecule has 1 unspecified atom stereocenters. The summed E-state index contributed by atoms with van der Waals surface area (Å²) in [5, 5.41) is 3.47. The molecule has 1 aromatic heterocycles. The van der Waals surface area contributed by atoms with Crippen LogP contribution in [-0.4, -0.2) is 55.2 Å². The van der Waals surface area contributed by atoms with Crippen LogP contribution in [0.1, 0.15) is 52.9 Å². The van der Waals surface area contributed by atoms with Gasteiger partial charge in [0.25, 0.3) is 5.91 Å². The van der Waals surface area contributed by atoms with Gasteiger partial charge in [-0.2, -0.15) is 0 Å². The number of ether oxygens (including phenoxy) is 2. The Balaban J connectivity index is 1.57. The molecule has 0 bridgehead atoms. The average Bonchev–Trinajstić information content (AvgIpc) is 2.77. The Kier molecular flexibility index (Phi) is 8.29.